The molecule has 2 aliphatic rings. The Bertz CT molecular complexity index is 590. The van der Waals surface area contributed by atoms with E-state index >= 15 is 0 Å². The molecule has 4 heteroatoms. The molecule has 1 aromatic carbocycles. The number of hydrogen-bond donors (Lipinski definition) is 1. The molecule has 0 spiro atoms. The fourth-order valence-corrected chi connectivity index (χ4v) is 3.41. The molecule has 0 radical (unpaired) electrons. The second-order valence-corrected chi connectivity index (χ2v) is 6.75. The predicted octanol–water partition coefficient (Wildman–Crippen LogP) is 1.80. The van der Waals surface area contributed by atoms with Crippen LogP contribution in [0, 0.1) is 17.2 Å². The number of fused-ring (bicyclic) bond motifs is 1. The molecule has 1 aliphatic carbocycles. The molecule has 4 atom stereocenters. The zero-order valence-electron chi connectivity index (χ0n) is 12.5. The van der Waals surface area contributed by atoms with Crippen molar-refractivity contribution in [2.75, 3.05) is 0 Å². The molecule has 110 valence electrons. The SMILES string of the molecule is CC(C)(c1ccccc1)[C@H](N)C(=O)N1[C@H](C#N)CC2C[C@@H]21. The van der Waals surface area contributed by atoms with Crippen LogP contribution in [-0.4, -0.2) is 28.9 Å². The van der Waals surface area contributed by atoms with Crippen molar-refractivity contribution in [3.63, 3.8) is 0 Å². The van der Waals surface area contributed by atoms with Crippen LogP contribution >= 0.6 is 0 Å². The molecule has 3 rings (SSSR count). The smallest absolute Gasteiger partial charge is 0.241 e. The molecule has 0 bridgehead atoms. The van der Waals surface area contributed by atoms with E-state index in [0.717, 1.165) is 18.4 Å². The Hall–Kier alpha value is -1.86. The average molecular weight is 283 g/mol. The Labute approximate surface area is 125 Å². The third-order valence-electron chi connectivity index (χ3n) is 5.07. The number of amides is 1. The van der Waals surface area contributed by atoms with E-state index in [0.29, 0.717) is 5.92 Å². The van der Waals surface area contributed by atoms with Gasteiger partial charge in [0.05, 0.1) is 12.1 Å². The first-order valence-corrected chi connectivity index (χ1v) is 7.49. The highest BCUT2D eigenvalue weighted by molar-refractivity contribution is 5.85. The lowest BCUT2D eigenvalue weighted by molar-refractivity contribution is -0.135. The van der Waals surface area contributed by atoms with Gasteiger partial charge in [0.2, 0.25) is 5.91 Å². The lowest BCUT2D eigenvalue weighted by atomic mass is 9.77. The number of rotatable bonds is 3. The van der Waals surface area contributed by atoms with Gasteiger partial charge in [-0.2, -0.15) is 5.26 Å². The maximum Gasteiger partial charge on any atom is 0.241 e. The Kier molecular flexibility index (Phi) is 3.26. The number of carbonyl (C=O) groups is 1. The zero-order valence-corrected chi connectivity index (χ0v) is 12.5. The monoisotopic (exact) mass is 283 g/mol. The number of benzene rings is 1. The second kappa shape index (κ2) is 4.85. The minimum atomic E-state index is -0.630. The quantitative estimate of drug-likeness (QED) is 0.919. The summed E-state index contributed by atoms with van der Waals surface area (Å²) in [6.07, 6.45) is 1.84. The minimum Gasteiger partial charge on any atom is -0.322 e. The van der Waals surface area contributed by atoms with Crippen LogP contribution in [0.2, 0.25) is 0 Å². The van der Waals surface area contributed by atoms with Gasteiger partial charge >= 0.3 is 0 Å². The number of nitrogens with two attached hydrogens (primary N) is 1. The molecule has 2 N–H and O–H groups in total. The number of nitrogens with zero attached hydrogens (tertiary/aromatic N) is 2. The van der Waals surface area contributed by atoms with E-state index in [1.54, 1.807) is 4.90 Å². The van der Waals surface area contributed by atoms with Gasteiger partial charge in [0.25, 0.3) is 0 Å². The van der Waals surface area contributed by atoms with E-state index in [2.05, 4.69) is 6.07 Å². The first-order chi connectivity index (χ1) is 9.96. The number of piperidine rings is 1. The van der Waals surface area contributed by atoms with E-state index in [1.807, 2.05) is 44.2 Å². The molecule has 0 aromatic heterocycles. The van der Waals surface area contributed by atoms with Gasteiger partial charge in [-0.15, -0.1) is 0 Å². The van der Waals surface area contributed by atoms with Crippen LogP contribution in [0.4, 0.5) is 0 Å². The van der Waals surface area contributed by atoms with E-state index in [4.69, 9.17) is 5.73 Å². The fourth-order valence-electron chi connectivity index (χ4n) is 3.41. The van der Waals surface area contributed by atoms with E-state index in [9.17, 15) is 10.1 Å². The summed E-state index contributed by atoms with van der Waals surface area (Å²) < 4.78 is 0. The van der Waals surface area contributed by atoms with Crippen LogP contribution < -0.4 is 5.73 Å². The van der Waals surface area contributed by atoms with Crippen LogP contribution in [0.1, 0.15) is 32.3 Å². The van der Waals surface area contributed by atoms with E-state index in [1.165, 1.54) is 0 Å². The molecule has 4 nitrogen and oxygen atoms in total. The maximum atomic E-state index is 12.8. The number of nitriles is 1. The van der Waals surface area contributed by atoms with E-state index < -0.39 is 11.5 Å². The second-order valence-electron chi connectivity index (χ2n) is 6.75. The number of likely N-dealkylation sites (tertiary alicyclic amines) is 1. The van der Waals surface area contributed by atoms with Gasteiger partial charge in [-0.25, -0.2) is 0 Å². The van der Waals surface area contributed by atoms with Crippen LogP contribution in [0.25, 0.3) is 0 Å². The summed E-state index contributed by atoms with van der Waals surface area (Å²) in [5.41, 5.74) is 6.90. The standard InChI is InChI=1S/C17H21N3O/c1-17(2,12-6-4-3-5-7-12)15(19)16(21)20-13(10-18)8-11-9-14(11)20/h3-7,11,13-15H,8-9,19H2,1-2H3/t11?,13-,14-,15+/m0/s1. The number of hydrogen-bond acceptors (Lipinski definition) is 3. The molecule has 21 heavy (non-hydrogen) atoms. The largest absolute Gasteiger partial charge is 0.322 e. The van der Waals surface area contributed by atoms with Gasteiger partial charge in [-0.3, -0.25) is 4.79 Å². The summed E-state index contributed by atoms with van der Waals surface area (Å²) >= 11 is 0. The average Bonchev–Trinajstić information content (AvgIpc) is 3.17. The minimum absolute atomic E-state index is 0.0830. The normalized spacial score (nSPS) is 28.7. The first-order valence-electron chi connectivity index (χ1n) is 7.49. The molecule has 1 heterocycles. The van der Waals surface area contributed by atoms with Crippen molar-refractivity contribution < 1.29 is 4.79 Å². The lowest BCUT2D eigenvalue weighted by Crippen LogP contribution is -2.55. The Morgan fingerprint density at radius 3 is 2.67 bits per heavy atom. The first kappa shape index (κ1) is 14.1. The van der Waals surface area contributed by atoms with Crippen molar-refractivity contribution in [1.29, 1.82) is 5.26 Å². The van der Waals surface area contributed by atoms with Crippen LogP contribution in [0.5, 0.6) is 0 Å². The molecule has 1 saturated carbocycles. The summed E-state index contributed by atoms with van der Waals surface area (Å²) in [7, 11) is 0. The van der Waals surface area contributed by atoms with Gasteiger partial charge in [0.15, 0.2) is 0 Å². The summed E-state index contributed by atoms with van der Waals surface area (Å²) in [6, 6.07) is 11.4. The molecule has 1 unspecified atom stereocenters. The fraction of sp³-hybridized carbons (Fsp3) is 0.529. The lowest BCUT2D eigenvalue weighted by Gasteiger charge is -2.35. The maximum absolute atomic E-state index is 12.8. The van der Waals surface area contributed by atoms with Gasteiger partial charge in [-0.05, 0) is 24.3 Å². The Morgan fingerprint density at radius 2 is 2.05 bits per heavy atom. The topological polar surface area (TPSA) is 70.1 Å². The molecule has 1 aromatic rings. The third-order valence-corrected chi connectivity index (χ3v) is 5.07. The van der Waals surface area contributed by atoms with Crippen molar-refractivity contribution in [2.24, 2.45) is 11.7 Å². The van der Waals surface area contributed by atoms with Gasteiger partial charge in [0, 0.05) is 11.5 Å². The third kappa shape index (κ3) is 2.22. The number of carbonyl (C=O) groups excluding carboxylic acids is 1. The summed E-state index contributed by atoms with van der Waals surface area (Å²) in [5.74, 6) is 0.436. The summed E-state index contributed by atoms with van der Waals surface area (Å²) in [5, 5.41) is 9.24. The zero-order chi connectivity index (χ0) is 15.2. The highest BCUT2D eigenvalue weighted by Crippen LogP contribution is 2.48. The van der Waals surface area contributed by atoms with Gasteiger partial charge in [-0.1, -0.05) is 44.2 Å². The highest BCUT2D eigenvalue weighted by Gasteiger charge is 2.55. The Morgan fingerprint density at radius 1 is 1.38 bits per heavy atom. The predicted molar refractivity (Wildman–Crippen MR) is 80.2 cm³/mol. The summed E-state index contributed by atoms with van der Waals surface area (Å²) in [4.78, 5) is 14.6. The molecular weight excluding hydrogens is 262 g/mol. The van der Waals surface area contributed by atoms with Gasteiger partial charge < -0.3 is 10.6 Å². The molecule has 1 amide bonds. The molecular formula is C17H21N3O. The van der Waals surface area contributed by atoms with E-state index in [-0.39, 0.29) is 18.0 Å². The highest BCUT2D eigenvalue weighted by atomic mass is 16.2. The van der Waals surface area contributed by atoms with Crippen molar-refractivity contribution >= 4 is 5.91 Å². The molecule has 1 aliphatic heterocycles. The van der Waals surface area contributed by atoms with Crippen molar-refractivity contribution in [3.8, 4) is 6.07 Å². The van der Waals surface area contributed by atoms with Crippen molar-refractivity contribution in [2.45, 2.75) is 50.2 Å². The molecule has 1 saturated heterocycles. The molecule has 2 fully saturated rings. The van der Waals surface area contributed by atoms with Crippen LogP contribution in [0.15, 0.2) is 30.3 Å². The Balaban J connectivity index is 1.83. The van der Waals surface area contributed by atoms with Crippen molar-refractivity contribution in [3.05, 3.63) is 35.9 Å². The van der Waals surface area contributed by atoms with Crippen LogP contribution in [-0.2, 0) is 10.2 Å². The van der Waals surface area contributed by atoms with Crippen molar-refractivity contribution in [1.82, 2.24) is 4.90 Å². The van der Waals surface area contributed by atoms with Crippen LogP contribution in [0.3, 0.4) is 0 Å². The van der Waals surface area contributed by atoms with Gasteiger partial charge in [0.1, 0.15) is 6.04 Å². The summed E-state index contributed by atoms with van der Waals surface area (Å²) in [6.45, 7) is 3.99.